The molecule has 0 bridgehead atoms. The second-order valence-corrected chi connectivity index (χ2v) is 29.7. The molecule has 0 aliphatic carbocycles. The molecule has 16 nitrogen and oxygen atoms in total. The summed E-state index contributed by atoms with van der Waals surface area (Å²) in [6.07, 6.45) is 0. The zero-order chi connectivity index (χ0) is 76.8. The first kappa shape index (κ1) is 69.4. The molecule has 14 aromatic carbocycles. The largest absolute Gasteiger partial charge is 0.494 e. The third-order valence-electron chi connectivity index (χ3n) is 21.4. The molecule has 0 unspecified atom stereocenters. The monoisotopic (exact) mass is 1520 g/mol. The quantitative estimate of drug-likeness (QED) is 0.118. The highest BCUT2D eigenvalue weighted by Crippen LogP contribution is 2.42. The second kappa shape index (κ2) is 28.2. The Hall–Kier alpha value is -13.8. The SMILES string of the molecule is CC1(C)OB(c2ccc(-c3nc4ccccc4o3)cc2)OC1(C)C.Clc1nc(Cl)nc(-c2ccc3c(c2)c2cc4ccccc4cc2n3-c2ccccc2)n1.c1ccc(-n2c3ccc(-c4nc(-c5ccc(-c6nc7ccccc7o6)cc5)nc(-c5ccc(-c6nc7ccccc7o6)cc5)n4)cc3c3cc4ccccc4cc32)cc1. The number of fused-ring (bicyclic) bond motifs is 11. The average molecular weight is 1520 g/mol. The highest BCUT2D eigenvalue weighted by atomic mass is 35.5. The molecule has 0 amide bonds. The van der Waals surface area contributed by atoms with Gasteiger partial charge in [0.2, 0.25) is 28.2 Å². The van der Waals surface area contributed by atoms with E-state index < -0.39 is 0 Å². The molecule has 21 aromatic rings. The van der Waals surface area contributed by atoms with Gasteiger partial charge in [0.05, 0.1) is 33.3 Å². The van der Waals surface area contributed by atoms with Gasteiger partial charge in [-0.3, -0.25) is 0 Å². The van der Waals surface area contributed by atoms with Gasteiger partial charge < -0.3 is 31.7 Å². The molecule has 7 aromatic heterocycles. The van der Waals surface area contributed by atoms with Crippen LogP contribution in [0.25, 0.3) is 190 Å². The molecule has 546 valence electrons. The summed E-state index contributed by atoms with van der Waals surface area (Å²) < 4.78 is 34.7. The molecule has 19 heteroatoms. The number of para-hydroxylation sites is 8. The zero-order valence-corrected chi connectivity index (χ0v) is 63.3. The third-order valence-corrected chi connectivity index (χ3v) is 21.7. The molecule has 1 aliphatic heterocycles. The van der Waals surface area contributed by atoms with Crippen LogP contribution in [0.15, 0.2) is 329 Å². The van der Waals surface area contributed by atoms with Crippen molar-refractivity contribution in [3.05, 3.63) is 326 Å². The van der Waals surface area contributed by atoms with Crippen molar-refractivity contribution in [3.63, 3.8) is 0 Å². The molecule has 1 fully saturated rings. The highest BCUT2D eigenvalue weighted by molar-refractivity contribution is 6.62. The Bertz CT molecular complexity index is 7020. The Morgan fingerprint density at radius 1 is 0.272 bits per heavy atom. The molecule has 114 heavy (non-hydrogen) atoms. The molecule has 8 heterocycles. The van der Waals surface area contributed by atoms with Gasteiger partial charge in [0.1, 0.15) is 16.6 Å². The van der Waals surface area contributed by atoms with E-state index in [9.17, 15) is 0 Å². The molecule has 0 radical (unpaired) electrons. The fraction of sp³-hybridized carbons (Fsp3) is 0.0632. The Balaban J connectivity index is 0.000000127. The first-order valence-corrected chi connectivity index (χ1v) is 38.1. The molecule has 1 aliphatic rings. The van der Waals surface area contributed by atoms with Crippen LogP contribution in [0.4, 0.5) is 0 Å². The van der Waals surface area contributed by atoms with E-state index in [0.717, 1.165) is 133 Å². The maximum atomic E-state index is 6.08. The number of nitrogens with zero attached hydrogens (tertiary/aromatic N) is 11. The van der Waals surface area contributed by atoms with Crippen molar-refractivity contribution in [1.29, 1.82) is 0 Å². The molecular weight excluding hydrogens is 1460 g/mol. The van der Waals surface area contributed by atoms with E-state index in [1.54, 1.807) is 0 Å². The van der Waals surface area contributed by atoms with Crippen LogP contribution in [0.1, 0.15) is 27.7 Å². The summed E-state index contributed by atoms with van der Waals surface area (Å²) in [7, 11) is -0.354. The summed E-state index contributed by atoms with van der Waals surface area (Å²) in [5.74, 6) is 3.86. The topological polar surface area (TPSA) is 184 Å². The van der Waals surface area contributed by atoms with Gasteiger partial charge in [-0.2, -0.15) is 15.0 Å². The average Bonchev–Trinajstić information content (AvgIpc) is 1.67. The van der Waals surface area contributed by atoms with Crippen molar-refractivity contribution in [2.24, 2.45) is 0 Å². The minimum atomic E-state index is -0.354. The summed E-state index contributed by atoms with van der Waals surface area (Å²) >= 11 is 12.0. The van der Waals surface area contributed by atoms with Crippen LogP contribution in [-0.2, 0) is 9.31 Å². The van der Waals surface area contributed by atoms with Crippen molar-refractivity contribution in [3.8, 4) is 91.3 Å². The second-order valence-electron chi connectivity index (χ2n) is 29.1. The number of hydrogen-bond donors (Lipinski definition) is 0. The summed E-state index contributed by atoms with van der Waals surface area (Å²) in [6, 6.07) is 107. The van der Waals surface area contributed by atoms with Gasteiger partial charge in [0.25, 0.3) is 0 Å². The number of benzene rings is 14. The van der Waals surface area contributed by atoms with Gasteiger partial charge in [-0.05, 0) is 236 Å². The van der Waals surface area contributed by atoms with Gasteiger partial charge in [-0.15, -0.1) is 0 Å². The number of oxazole rings is 3. The zero-order valence-electron chi connectivity index (χ0n) is 61.8. The first-order valence-electron chi connectivity index (χ1n) is 37.3. The van der Waals surface area contributed by atoms with Crippen LogP contribution in [0.2, 0.25) is 10.6 Å². The van der Waals surface area contributed by atoms with E-state index in [-0.39, 0.29) is 28.9 Å². The van der Waals surface area contributed by atoms with Crippen LogP contribution in [-0.4, -0.2) is 72.3 Å². The minimum absolute atomic E-state index is 0.0767. The van der Waals surface area contributed by atoms with E-state index >= 15 is 0 Å². The maximum Gasteiger partial charge on any atom is 0.494 e. The van der Waals surface area contributed by atoms with Crippen molar-refractivity contribution in [2.45, 2.75) is 38.9 Å². The van der Waals surface area contributed by atoms with E-state index in [2.05, 4.69) is 208 Å². The molecule has 0 N–H and O–H groups in total. The third kappa shape index (κ3) is 12.9. The predicted octanol–water partition coefficient (Wildman–Crippen LogP) is 23.6. The predicted molar refractivity (Wildman–Crippen MR) is 456 cm³/mol. The number of rotatable bonds is 10. The summed E-state index contributed by atoms with van der Waals surface area (Å²) in [5, 5.41) is 9.46. The standard InChI is InChI=1S/C51H30N6O2.C25H14Cl2N4.C19H20BNO3/c1-2-12-38(13-3-1)57-43-27-26-37(29-39(43)40-28-35-10-4-5-11-36(35)30-44(40)57)49-55-47(31-18-22-33(23-19-31)50-52-41-14-6-8-16-45(41)58-50)54-48(56-49)32-20-24-34(25-21-32)51-53-42-15-7-9-17-46(42)59-51;26-24-28-23(29-25(27)30-24)17-10-11-21-19(13-17)20-12-15-6-4-5-7-16(15)14-22(20)31(21)18-8-2-1-3-9-18;1-18(2)19(3,4)24-20(23-18)14-11-9-13(10-12-14)17-21-15-7-5-6-8-16(15)22-17/h1-30H;1-14H;5-12H,1-4H3. The molecule has 0 atom stereocenters. The smallest absolute Gasteiger partial charge is 0.436 e. The fourth-order valence-electron chi connectivity index (χ4n) is 14.9. The van der Waals surface area contributed by atoms with Crippen molar-refractivity contribution in [2.75, 3.05) is 0 Å². The lowest BCUT2D eigenvalue weighted by Gasteiger charge is -2.32. The van der Waals surface area contributed by atoms with E-state index in [0.29, 0.717) is 41.0 Å². The maximum absolute atomic E-state index is 6.08. The van der Waals surface area contributed by atoms with Crippen LogP contribution >= 0.6 is 23.2 Å². The van der Waals surface area contributed by atoms with Gasteiger partial charge in [-0.1, -0.05) is 158 Å². The minimum Gasteiger partial charge on any atom is -0.436 e. The highest BCUT2D eigenvalue weighted by Gasteiger charge is 2.51. The Labute approximate surface area is 662 Å². The molecular formula is C95H64BCl2N11O5. The van der Waals surface area contributed by atoms with Crippen LogP contribution in [0, 0.1) is 0 Å². The molecule has 1 saturated heterocycles. The van der Waals surface area contributed by atoms with Crippen molar-refractivity contribution in [1.82, 2.24) is 54.0 Å². The van der Waals surface area contributed by atoms with Crippen LogP contribution < -0.4 is 5.46 Å². The van der Waals surface area contributed by atoms with Gasteiger partial charge >= 0.3 is 7.12 Å². The molecule has 0 spiro atoms. The summed E-state index contributed by atoms with van der Waals surface area (Å²) in [4.78, 5) is 41.6. The normalized spacial score (nSPS) is 13.2. The van der Waals surface area contributed by atoms with E-state index in [1.807, 2.05) is 164 Å². The number of aromatic nitrogens is 11. The molecule has 22 rings (SSSR count). The lowest BCUT2D eigenvalue weighted by atomic mass is 9.79. The van der Waals surface area contributed by atoms with Gasteiger partial charge in [-0.25, -0.2) is 29.9 Å². The molecule has 0 saturated carbocycles. The van der Waals surface area contributed by atoms with Crippen LogP contribution in [0.3, 0.4) is 0 Å². The lowest BCUT2D eigenvalue weighted by molar-refractivity contribution is 0.00578. The number of halogens is 2. The van der Waals surface area contributed by atoms with Gasteiger partial charge in [0, 0.05) is 71.9 Å². The van der Waals surface area contributed by atoms with Crippen molar-refractivity contribution >= 4 is 134 Å². The number of hydrogen-bond acceptors (Lipinski definition) is 14. The Morgan fingerprint density at radius 2 is 0.579 bits per heavy atom. The van der Waals surface area contributed by atoms with Gasteiger partial charge in [0.15, 0.2) is 40.0 Å². The Kier molecular flexibility index (Phi) is 17.2. The Morgan fingerprint density at radius 3 is 0.965 bits per heavy atom. The van der Waals surface area contributed by atoms with Crippen molar-refractivity contribution < 1.29 is 22.6 Å². The lowest BCUT2D eigenvalue weighted by Crippen LogP contribution is -2.41. The summed E-state index contributed by atoms with van der Waals surface area (Å²) in [5.41, 5.74) is 17.9. The van der Waals surface area contributed by atoms with E-state index in [1.165, 1.54) is 21.5 Å². The van der Waals surface area contributed by atoms with Crippen LogP contribution in [0.5, 0.6) is 0 Å². The summed E-state index contributed by atoms with van der Waals surface area (Å²) in [6.45, 7) is 8.22. The first-order chi connectivity index (χ1) is 55.7. The van der Waals surface area contributed by atoms with E-state index in [4.69, 9.17) is 70.7 Å². The fourth-order valence-corrected chi connectivity index (χ4v) is 15.3.